The van der Waals surface area contributed by atoms with Crippen LogP contribution >= 0.6 is 0 Å². The molecule has 2 saturated carbocycles. The van der Waals surface area contributed by atoms with Gasteiger partial charge < -0.3 is 5.32 Å². The van der Waals surface area contributed by atoms with E-state index in [9.17, 15) is 4.79 Å². The second kappa shape index (κ2) is 4.18. The quantitative estimate of drug-likeness (QED) is 0.912. The Morgan fingerprint density at radius 3 is 3.00 bits per heavy atom. The number of hydrogen-bond donors (Lipinski definition) is 2. The Hall–Kier alpha value is -2.17. The third-order valence-corrected chi connectivity index (χ3v) is 5.59. The number of aromatic amines is 1. The number of rotatable bonds is 3. The Bertz CT molecular complexity index is 747. The molecule has 1 amide bonds. The van der Waals surface area contributed by atoms with Crippen molar-refractivity contribution in [1.82, 2.24) is 20.5 Å². The van der Waals surface area contributed by atoms with Crippen LogP contribution in [0.4, 0.5) is 0 Å². The smallest absolute Gasteiger partial charge is 0.272 e. The first-order chi connectivity index (χ1) is 10.8. The Morgan fingerprint density at radius 2 is 2.27 bits per heavy atom. The van der Waals surface area contributed by atoms with E-state index in [0.29, 0.717) is 11.6 Å². The minimum atomic E-state index is -0.300. The summed E-state index contributed by atoms with van der Waals surface area (Å²) in [4.78, 5) is 17.2. The molecule has 0 spiro atoms. The number of H-pyrrole nitrogens is 1. The van der Waals surface area contributed by atoms with Gasteiger partial charge in [0.25, 0.3) is 5.91 Å². The van der Waals surface area contributed by atoms with Gasteiger partial charge in [0.05, 0.1) is 11.2 Å². The molecule has 5 heteroatoms. The number of hydrogen-bond acceptors (Lipinski definition) is 3. The van der Waals surface area contributed by atoms with Crippen LogP contribution in [0, 0.1) is 5.92 Å². The van der Waals surface area contributed by atoms with Gasteiger partial charge in [-0.15, -0.1) is 0 Å². The van der Waals surface area contributed by atoms with E-state index in [2.05, 4.69) is 20.5 Å². The second-order valence-electron chi connectivity index (χ2n) is 6.88. The van der Waals surface area contributed by atoms with Crippen LogP contribution in [-0.4, -0.2) is 21.1 Å². The van der Waals surface area contributed by atoms with E-state index in [1.165, 1.54) is 12.1 Å². The van der Waals surface area contributed by atoms with Gasteiger partial charge in [-0.2, -0.15) is 5.10 Å². The number of nitrogens with one attached hydrogen (secondary N) is 2. The fourth-order valence-electron chi connectivity index (χ4n) is 4.07. The summed E-state index contributed by atoms with van der Waals surface area (Å²) in [6.07, 6.45) is 7.09. The molecule has 2 heterocycles. The van der Waals surface area contributed by atoms with Crippen LogP contribution in [0.1, 0.15) is 59.0 Å². The van der Waals surface area contributed by atoms with Gasteiger partial charge >= 0.3 is 0 Å². The lowest BCUT2D eigenvalue weighted by atomic mass is 9.74. The predicted octanol–water partition coefficient (Wildman–Crippen LogP) is 2.27. The average Bonchev–Trinajstić information content (AvgIpc) is 2.99. The normalized spacial score (nSPS) is 26.7. The summed E-state index contributed by atoms with van der Waals surface area (Å²) in [5, 5.41) is 10.6. The minimum absolute atomic E-state index is 0.0517. The number of fused-ring (bicyclic) bond motifs is 3. The second-order valence-corrected chi connectivity index (χ2v) is 6.88. The van der Waals surface area contributed by atoms with Crippen LogP contribution in [0.3, 0.4) is 0 Å². The molecule has 0 saturated heterocycles. The van der Waals surface area contributed by atoms with Gasteiger partial charge in [-0.25, -0.2) is 0 Å². The van der Waals surface area contributed by atoms with Gasteiger partial charge in [0.2, 0.25) is 0 Å². The molecule has 112 valence electrons. The van der Waals surface area contributed by atoms with E-state index in [4.69, 9.17) is 0 Å². The Kier molecular flexibility index (Phi) is 2.35. The van der Waals surface area contributed by atoms with Gasteiger partial charge in [-0.1, -0.05) is 6.07 Å². The molecule has 0 radical (unpaired) electrons. The Morgan fingerprint density at radius 1 is 1.36 bits per heavy atom. The third kappa shape index (κ3) is 1.62. The number of pyridine rings is 1. The van der Waals surface area contributed by atoms with Crippen molar-refractivity contribution >= 4 is 5.91 Å². The van der Waals surface area contributed by atoms with Crippen molar-refractivity contribution in [2.24, 2.45) is 5.92 Å². The molecule has 2 fully saturated rings. The van der Waals surface area contributed by atoms with Gasteiger partial charge in [0.1, 0.15) is 0 Å². The maximum absolute atomic E-state index is 12.7. The van der Waals surface area contributed by atoms with E-state index in [1.807, 2.05) is 18.2 Å². The van der Waals surface area contributed by atoms with E-state index in [0.717, 1.165) is 42.9 Å². The molecule has 0 aromatic carbocycles. The van der Waals surface area contributed by atoms with Crippen LogP contribution in [0.15, 0.2) is 24.4 Å². The SMILES string of the molecule is O=C(NC1(c2ccccn2)CCC1)c1n[nH]c2c1CC1CC21. The van der Waals surface area contributed by atoms with Gasteiger partial charge in [-0.05, 0) is 50.2 Å². The number of aromatic nitrogens is 3. The highest BCUT2D eigenvalue weighted by molar-refractivity contribution is 5.95. The maximum atomic E-state index is 12.7. The number of amides is 1. The first-order valence-electron chi connectivity index (χ1n) is 8.08. The summed E-state index contributed by atoms with van der Waals surface area (Å²) in [5.74, 6) is 1.34. The topological polar surface area (TPSA) is 70.7 Å². The van der Waals surface area contributed by atoms with Crippen molar-refractivity contribution in [2.45, 2.75) is 43.6 Å². The zero-order chi connectivity index (χ0) is 14.7. The first kappa shape index (κ1) is 12.4. The summed E-state index contributed by atoms with van der Waals surface area (Å²) >= 11 is 0. The Balaban J connectivity index is 1.43. The summed E-state index contributed by atoms with van der Waals surface area (Å²) in [7, 11) is 0. The van der Waals surface area contributed by atoms with E-state index in [-0.39, 0.29) is 11.4 Å². The maximum Gasteiger partial charge on any atom is 0.272 e. The largest absolute Gasteiger partial charge is 0.340 e. The molecule has 0 bridgehead atoms. The highest BCUT2D eigenvalue weighted by Gasteiger charge is 2.49. The molecule has 2 aromatic rings. The highest BCUT2D eigenvalue weighted by atomic mass is 16.2. The van der Waals surface area contributed by atoms with Crippen LogP contribution < -0.4 is 5.32 Å². The van der Waals surface area contributed by atoms with Gasteiger partial charge in [0.15, 0.2) is 5.69 Å². The summed E-state index contributed by atoms with van der Waals surface area (Å²) in [6, 6.07) is 5.89. The molecule has 2 atom stereocenters. The lowest BCUT2D eigenvalue weighted by molar-refractivity contribution is 0.0810. The molecule has 3 aliphatic rings. The monoisotopic (exact) mass is 294 g/mol. The Labute approximate surface area is 128 Å². The molecule has 3 aliphatic carbocycles. The fraction of sp³-hybridized carbons (Fsp3) is 0.471. The molecule has 5 nitrogen and oxygen atoms in total. The van der Waals surface area contributed by atoms with Crippen LogP contribution in [-0.2, 0) is 12.0 Å². The standard InChI is InChI=1S/C17H18N4O/c22-16(15-12-9-10-8-11(10)14(12)20-21-15)19-17(5-3-6-17)13-4-1-2-7-18-13/h1-2,4,7,10-11H,3,5-6,8-9H2,(H,19,22)(H,20,21). The minimum Gasteiger partial charge on any atom is -0.340 e. The van der Waals surface area contributed by atoms with Crippen molar-refractivity contribution in [3.05, 3.63) is 47.0 Å². The molecule has 5 rings (SSSR count). The van der Waals surface area contributed by atoms with Gasteiger partial charge in [0, 0.05) is 23.4 Å². The zero-order valence-electron chi connectivity index (χ0n) is 12.3. The van der Waals surface area contributed by atoms with Gasteiger partial charge in [-0.3, -0.25) is 14.9 Å². The molecule has 2 N–H and O–H groups in total. The van der Waals surface area contributed by atoms with E-state index >= 15 is 0 Å². The lowest BCUT2D eigenvalue weighted by Gasteiger charge is -2.41. The van der Waals surface area contributed by atoms with E-state index in [1.54, 1.807) is 6.20 Å². The average molecular weight is 294 g/mol. The van der Waals surface area contributed by atoms with Crippen molar-refractivity contribution in [3.63, 3.8) is 0 Å². The summed E-state index contributed by atoms with van der Waals surface area (Å²) in [6.45, 7) is 0. The van der Waals surface area contributed by atoms with Crippen molar-refractivity contribution in [1.29, 1.82) is 0 Å². The highest BCUT2D eigenvalue weighted by Crippen LogP contribution is 2.56. The van der Waals surface area contributed by atoms with Crippen LogP contribution in [0.25, 0.3) is 0 Å². The van der Waals surface area contributed by atoms with Crippen molar-refractivity contribution < 1.29 is 4.79 Å². The van der Waals surface area contributed by atoms with Crippen LogP contribution in [0.5, 0.6) is 0 Å². The van der Waals surface area contributed by atoms with Crippen molar-refractivity contribution in [3.8, 4) is 0 Å². The number of nitrogens with zero attached hydrogens (tertiary/aromatic N) is 2. The molecule has 2 aromatic heterocycles. The van der Waals surface area contributed by atoms with Crippen LogP contribution in [0.2, 0.25) is 0 Å². The molecule has 22 heavy (non-hydrogen) atoms. The van der Waals surface area contributed by atoms with E-state index < -0.39 is 0 Å². The fourth-order valence-corrected chi connectivity index (χ4v) is 4.07. The third-order valence-electron chi connectivity index (χ3n) is 5.59. The molecule has 2 unspecified atom stereocenters. The predicted molar refractivity (Wildman–Crippen MR) is 80.4 cm³/mol. The first-order valence-corrected chi connectivity index (χ1v) is 8.08. The summed E-state index contributed by atoms with van der Waals surface area (Å²) < 4.78 is 0. The lowest BCUT2D eigenvalue weighted by Crippen LogP contribution is -2.51. The molecular formula is C17H18N4O. The molecule has 0 aliphatic heterocycles. The molecular weight excluding hydrogens is 276 g/mol. The summed E-state index contributed by atoms with van der Waals surface area (Å²) in [5.41, 5.74) is 3.62. The van der Waals surface area contributed by atoms with Crippen molar-refractivity contribution in [2.75, 3.05) is 0 Å². The number of carbonyl (C=O) groups is 1. The number of carbonyl (C=O) groups excluding carboxylic acids is 1. The zero-order valence-corrected chi connectivity index (χ0v) is 12.3.